The molecule has 1 atom stereocenters. The monoisotopic (exact) mass is 197 g/mol. The zero-order valence-corrected chi connectivity index (χ0v) is 8.06. The molecular formula is C10H12FNS. The van der Waals surface area contributed by atoms with Crippen molar-refractivity contribution in [3.8, 4) is 0 Å². The lowest BCUT2D eigenvalue weighted by molar-refractivity contribution is 0.602. The van der Waals surface area contributed by atoms with E-state index in [2.05, 4.69) is 6.58 Å². The highest BCUT2D eigenvalue weighted by atomic mass is 32.2. The topological polar surface area (TPSA) is 26.0 Å². The maximum Gasteiger partial charge on any atom is 0.136 e. The number of benzene rings is 1. The third kappa shape index (κ3) is 3.20. The summed E-state index contributed by atoms with van der Waals surface area (Å²) in [5, 5.41) is 0. The van der Waals surface area contributed by atoms with Crippen molar-refractivity contribution >= 4 is 11.8 Å². The van der Waals surface area contributed by atoms with E-state index in [-0.39, 0.29) is 11.9 Å². The Bertz CT molecular complexity index is 288. The van der Waals surface area contributed by atoms with E-state index < -0.39 is 0 Å². The van der Waals surface area contributed by atoms with Crippen molar-refractivity contribution in [2.24, 2.45) is 5.73 Å². The Balaban J connectivity index is 2.54. The predicted molar refractivity (Wildman–Crippen MR) is 55.3 cm³/mol. The fourth-order valence-electron chi connectivity index (χ4n) is 0.816. The number of hydrogen-bond donors (Lipinski definition) is 1. The highest BCUT2D eigenvalue weighted by molar-refractivity contribution is 7.99. The molecule has 1 aromatic carbocycles. The minimum Gasteiger partial charge on any atom is -0.324 e. The van der Waals surface area contributed by atoms with Gasteiger partial charge in [-0.1, -0.05) is 18.2 Å². The summed E-state index contributed by atoms with van der Waals surface area (Å²) in [7, 11) is 0. The first-order valence-electron chi connectivity index (χ1n) is 3.99. The van der Waals surface area contributed by atoms with Crippen LogP contribution in [0.4, 0.5) is 4.39 Å². The van der Waals surface area contributed by atoms with Crippen molar-refractivity contribution < 1.29 is 4.39 Å². The molecule has 1 aromatic rings. The second kappa shape index (κ2) is 5.04. The molecule has 0 radical (unpaired) electrons. The van der Waals surface area contributed by atoms with E-state index in [0.29, 0.717) is 10.6 Å². The minimum absolute atomic E-state index is 0.0791. The molecule has 1 unspecified atom stereocenters. The molecular weight excluding hydrogens is 185 g/mol. The highest BCUT2D eigenvalue weighted by Crippen LogP contribution is 2.21. The molecule has 1 nitrogen and oxygen atoms in total. The second-order valence-electron chi connectivity index (χ2n) is 2.64. The summed E-state index contributed by atoms with van der Waals surface area (Å²) in [6, 6.07) is 6.60. The molecule has 2 N–H and O–H groups in total. The lowest BCUT2D eigenvalue weighted by Crippen LogP contribution is -2.19. The maximum absolute atomic E-state index is 13.1. The molecule has 0 aromatic heterocycles. The van der Waals surface area contributed by atoms with Crippen LogP contribution in [0.5, 0.6) is 0 Å². The van der Waals surface area contributed by atoms with Gasteiger partial charge in [0.2, 0.25) is 0 Å². The molecule has 70 valence electrons. The Hall–Kier alpha value is -0.800. The largest absolute Gasteiger partial charge is 0.324 e. The fourth-order valence-corrected chi connectivity index (χ4v) is 1.70. The van der Waals surface area contributed by atoms with Gasteiger partial charge in [-0.2, -0.15) is 0 Å². The molecule has 0 amide bonds. The van der Waals surface area contributed by atoms with Gasteiger partial charge < -0.3 is 5.73 Å². The minimum atomic E-state index is -0.191. The summed E-state index contributed by atoms with van der Waals surface area (Å²) in [5.74, 6) is 0.466. The zero-order valence-electron chi connectivity index (χ0n) is 7.24. The number of halogens is 1. The summed E-state index contributed by atoms with van der Waals surface area (Å²) in [6.07, 6.45) is 1.66. The van der Waals surface area contributed by atoms with Gasteiger partial charge in [0.1, 0.15) is 5.82 Å². The fraction of sp³-hybridized carbons (Fsp3) is 0.200. The van der Waals surface area contributed by atoms with E-state index in [1.54, 1.807) is 18.2 Å². The molecule has 0 heterocycles. The van der Waals surface area contributed by atoms with Crippen LogP contribution in [-0.4, -0.2) is 11.8 Å². The molecule has 1 rings (SSSR count). The van der Waals surface area contributed by atoms with Crippen molar-refractivity contribution in [1.82, 2.24) is 0 Å². The first kappa shape index (κ1) is 10.3. The van der Waals surface area contributed by atoms with Crippen LogP contribution in [0.3, 0.4) is 0 Å². The van der Waals surface area contributed by atoms with Crippen LogP contribution in [0.25, 0.3) is 0 Å². The third-order valence-electron chi connectivity index (χ3n) is 1.57. The molecule has 0 aliphatic heterocycles. The van der Waals surface area contributed by atoms with Crippen LogP contribution in [0.2, 0.25) is 0 Å². The van der Waals surface area contributed by atoms with Crippen LogP contribution in [-0.2, 0) is 0 Å². The number of thioether (sulfide) groups is 1. The Morgan fingerprint density at radius 3 is 2.85 bits per heavy atom. The van der Waals surface area contributed by atoms with Crippen LogP contribution in [0.15, 0.2) is 41.8 Å². The summed E-state index contributed by atoms with van der Waals surface area (Å²) >= 11 is 1.41. The van der Waals surface area contributed by atoms with Gasteiger partial charge in [-0.3, -0.25) is 0 Å². The average Bonchev–Trinajstić information content (AvgIpc) is 2.16. The Kier molecular flexibility index (Phi) is 3.99. The first-order chi connectivity index (χ1) is 6.24. The number of rotatable bonds is 4. The number of hydrogen-bond acceptors (Lipinski definition) is 2. The Labute approximate surface area is 81.8 Å². The predicted octanol–water partition coefficient (Wildman–Crippen LogP) is 2.43. The van der Waals surface area contributed by atoms with E-state index in [0.717, 1.165) is 0 Å². The van der Waals surface area contributed by atoms with Crippen LogP contribution >= 0.6 is 11.8 Å². The molecule has 0 bridgehead atoms. The maximum atomic E-state index is 13.1. The van der Waals surface area contributed by atoms with Crippen molar-refractivity contribution in [2.45, 2.75) is 10.9 Å². The molecule has 3 heteroatoms. The normalized spacial score (nSPS) is 12.5. The molecule has 0 spiro atoms. The average molecular weight is 197 g/mol. The van der Waals surface area contributed by atoms with Crippen molar-refractivity contribution in [3.63, 3.8) is 0 Å². The van der Waals surface area contributed by atoms with Gasteiger partial charge in [0.05, 0.1) is 0 Å². The Morgan fingerprint density at radius 2 is 2.23 bits per heavy atom. The van der Waals surface area contributed by atoms with Crippen LogP contribution in [0, 0.1) is 5.82 Å². The van der Waals surface area contributed by atoms with Crippen molar-refractivity contribution in [2.75, 3.05) is 5.75 Å². The highest BCUT2D eigenvalue weighted by Gasteiger charge is 2.02. The van der Waals surface area contributed by atoms with E-state index in [9.17, 15) is 4.39 Å². The van der Waals surface area contributed by atoms with Gasteiger partial charge in [-0.15, -0.1) is 18.3 Å². The first-order valence-corrected chi connectivity index (χ1v) is 4.98. The van der Waals surface area contributed by atoms with Crippen molar-refractivity contribution in [1.29, 1.82) is 0 Å². The van der Waals surface area contributed by atoms with E-state index in [1.165, 1.54) is 17.8 Å². The summed E-state index contributed by atoms with van der Waals surface area (Å²) in [4.78, 5) is 0.639. The van der Waals surface area contributed by atoms with Gasteiger partial charge in [-0.25, -0.2) is 4.39 Å². The van der Waals surface area contributed by atoms with Crippen LogP contribution < -0.4 is 5.73 Å². The van der Waals surface area contributed by atoms with Gasteiger partial charge >= 0.3 is 0 Å². The van der Waals surface area contributed by atoms with Gasteiger partial charge in [0.15, 0.2) is 0 Å². The second-order valence-corrected chi connectivity index (χ2v) is 3.70. The molecule has 0 saturated heterocycles. The molecule has 0 saturated carbocycles. The summed E-state index contributed by atoms with van der Waals surface area (Å²) in [6.45, 7) is 3.56. The molecule has 13 heavy (non-hydrogen) atoms. The third-order valence-corrected chi connectivity index (χ3v) is 2.76. The van der Waals surface area contributed by atoms with Gasteiger partial charge in [0, 0.05) is 16.7 Å². The Morgan fingerprint density at radius 1 is 1.54 bits per heavy atom. The SMILES string of the molecule is C=CC(N)CSc1ccccc1F. The summed E-state index contributed by atoms with van der Waals surface area (Å²) in [5.41, 5.74) is 5.61. The standard InChI is InChI=1S/C10H12FNS/c1-2-8(12)7-13-10-6-4-3-5-9(10)11/h2-6,8H,1,7,12H2. The van der Waals surface area contributed by atoms with Gasteiger partial charge in [0.25, 0.3) is 0 Å². The van der Waals surface area contributed by atoms with E-state index >= 15 is 0 Å². The molecule has 0 aliphatic rings. The lowest BCUT2D eigenvalue weighted by Gasteiger charge is -2.05. The summed E-state index contributed by atoms with van der Waals surface area (Å²) < 4.78 is 13.1. The molecule has 0 aliphatic carbocycles. The van der Waals surface area contributed by atoms with E-state index in [1.807, 2.05) is 6.07 Å². The van der Waals surface area contributed by atoms with Crippen LogP contribution in [0.1, 0.15) is 0 Å². The van der Waals surface area contributed by atoms with Gasteiger partial charge in [-0.05, 0) is 12.1 Å². The zero-order chi connectivity index (χ0) is 9.68. The number of nitrogens with two attached hydrogens (primary N) is 1. The molecule has 0 fully saturated rings. The smallest absolute Gasteiger partial charge is 0.136 e. The van der Waals surface area contributed by atoms with E-state index in [4.69, 9.17) is 5.73 Å². The van der Waals surface area contributed by atoms with Crippen molar-refractivity contribution in [3.05, 3.63) is 42.7 Å². The quantitative estimate of drug-likeness (QED) is 0.592. The lowest BCUT2D eigenvalue weighted by atomic mass is 10.3.